The Morgan fingerprint density at radius 2 is 1.89 bits per heavy atom. The van der Waals surface area contributed by atoms with Gasteiger partial charge in [0.25, 0.3) is 0 Å². The van der Waals surface area contributed by atoms with E-state index in [4.69, 9.17) is 14.4 Å². The van der Waals surface area contributed by atoms with Crippen molar-refractivity contribution in [2.45, 2.75) is 25.9 Å². The van der Waals surface area contributed by atoms with Gasteiger partial charge in [0.2, 0.25) is 0 Å². The van der Waals surface area contributed by atoms with Crippen LogP contribution >= 0.6 is 0 Å². The van der Waals surface area contributed by atoms with E-state index in [1.807, 2.05) is 37.3 Å². The first kappa shape index (κ1) is 16.1. The van der Waals surface area contributed by atoms with Crippen molar-refractivity contribution in [3.05, 3.63) is 42.4 Å². The molecule has 1 fully saturated rings. The summed E-state index contributed by atoms with van der Waals surface area (Å²) in [4.78, 5) is 20.5. The molecule has 0 unspecified atom stereocenters. The number of nitrogens with zero attached hydrogens (tertiary/aromatic N) is 5. The number of aromatic nitrogens is 4. The average Bonchev–Trinajstić information content (AvgIpc) is 3.07. The van der Waals surface area contributed by atoms with Crippen LogP contribution in [0.5, 0.6) is 0 Å². The Labute approximate surface area is 155 Å². The van der Waals surface area contributed by atoms with Crippen LogP contribution in [-0.2, 0) is 0 Å². The average molecular weight is 361 g/mol. The largest absolute Gasteiger partial charge is 0.441 e. The summed E-state index contributed by atoms with van der Waals surface area (Å²) in [5.41, 5.74) is 4.76. The molecule has 136 valence electrons. The van der Waals surface area contributed by atoms with Gasteiger partial charge in [-0.2, -0.15) is 0 Å². The summed E-state index contributed by atoms with van der Waals surface area (Å²) in [7, 11) is 0. The molecule has 3 aromatic heterocycles. The highest BCUT2D eigenvalue weighted by Crippen LogP contribution is 2.25. The van der Waals surface area contributed by atoms with Gasteiger partial charge in [0.05, 0.1) is 18.0 Å². The van der Waals surface area contributed by atoms with Crippen molar-refractivity contribution in [2.24, 2.45) is 0 Å². The van der Waals surface area contributed by atoms with Crippen LogP contribution in [0.1, 0.15) is 18.7 Å². The fourth-order valence-corrected chi connectivity index (χ4v) is 3.50. The van der Waals surface area contributed by atoms with Gasteiger partial charge in [-0.1, -0.05) is 0 Å². The van der Waals surface area contributed by atoms with Gasteiger partial charge in [-0.05, 0) is 43.2 Å². The monoisotopic (exact) mass is 361 g/mol. The Bertz CT molecular complexity index is 1130. The highest BCUT2D eigenvalue weighted by atomic mass is 16.3. The van der Waals surface area contributed by atoms with Crippen LogP contribution in [0, 0.1) is 6.92 Å². The first-order valence-corrected chi connectivity index (χ1v) is 9.10. The number of pyridine rings is 1. The molecule has 7 heteroatoms. The SMILES string of the molecule is Cc1nc2cc(-c3ccc4ncc(N5CCC(O)CC5)nc4n3)ccc2o1. The Hall–Kier alpha value is -3.06. The molecule has 1 aliphatic heterocycles. The molecule has 0 atom stereocenters. The molecule has 0 bridgehead atoms. The fourth-order valence-electron chi connectivity index (χ4n) is 3.50. The van der Waals surface area contributed by atoms with Crippen molar-refractivity contribution < 1.29 is 9.52 Å². The van der Waals surface area contributed by atoms with Crippen molar-refractivity contribution >= 4 is 28.1 Å². The van der Waals surface area contributed by atoms with Crippen molar-refractivity contribution in [3.63, 3.8) is 0 Å². The lowest BCUT2D eigenvalue weighted by atomic mass is 10.1. The molecule has 0 amide bonds. The van der Waals surface area contributed by atoms with Crippen LogP contribution in [0.15, 0.2) is 40.9 Å². The number of benzene rings is 1. The van der Waals surface area contributed by atoms with Gasteiger partial charge in [0, 0.05) is 25.6 Å². The summed E-state index contributed by atoms with van der Waals surface area (Å²) in [6.07, 6.45) is 3.08. The predicted molar refractivity (Wildman–Crippen MR) is 103 cm³/mol. The number of anilines is 1. The molecular weight excluding hydrogens is 342 g/mol. The van der Waals surface area contributed by atoms with E-state index in [-0.39, 0.29) is 6.10 Å². The minimum absolute atomic E-state index is 0.213. The molecule has 0 radical (unpaired) electrons. The second-order valence-corrected chi connectivity index (χ2v) is 6.90. The second-order valence-electron chi connectivity index (χ2n) is 6.90. The summed E-state index contributed by atoms with van der Waals surface area (Å²) in [5.74, 6) is 1.46. The van der Waals surface area contributed by atoms with E-state index in [9.17, 15) is 5.11 Å². The van der Waals surface area contributed by atoms with E-state index in [0.29, 0.717) is 11.5 Å². The Morgan fingerprint density at radius 1 is 1.04 bits per heavy atom. The molecule has 0 saturated carbocycles. The lowest BCUT2D eigenvalue weighted by Crippen LogP contribution is -2.36. The molecule has 4 heterocycles. The number of hydrogen-bond donors (Lipinski definition) is 1. The standard InChI is InChI=1S/C20H19N5O2/c1-12-22-17-10-13(2-5-18(17)27-12)15-3-4-16-20(23-15)24-19(11-21-16)25-8-6-14(26)7-9-25/h2-5,10-11,14,26H,6-9H2,1H3. The highest BCUT2D eigenvalue weighted by Gasteiger charge is 2.19. The first-order valence-electron chi connectivity index (χ1n) is 9.10. The van der Waals surface area contributed by atoms with Crippen LogP contribution in [-0.4, -0.2) is 44.2 Å². The first-order chi connectivity index (χ1) is 13.2. The van der Waals surface area contributed by atoms with E-state index >= 15 is 0 Å². The minimum Gasteiger partial charge on any atom is -0.441 e. The maximum absolute atomic E-state index is 9.70. The normalized spacial score (nSPS) is 15.7. The molecule has 27 heavy (non-hydrogen) atoms. The highest BCUT2D eigenvalue weighted by molar-refractivity contribution is 5.81. The number of aryl methyl sites for hydroxylation is 1. The van der Waals surface area contributed by atoms with Gasteiger partial charge >= 0.3 is 0 Å². The molecule has 4 aromatic rings. The fraction of sp³-hybridized carbons (Fsp3) is 0.300. The lowest BCUT2D eigenvalue weighted by Gasteiger charge is -2.30. The van der Waals surface area contributed by atoms with Crippen LogP contribution in [0.25, 0.3) is 33.5 Å². The molecule has 0 aliphatic carbocycles. The minimum atomic E-state index is -0.213. The van der Waals surface area contributed by atoms with E-state index in [1.54, 1.807) is 6.20 Å². The number of aliphatic hydroxyl groups is 1. The van der Waals surface area contributed by atoms with E-state index in [2.05, 4.69) is 14.9 Å². The molecular formula is C20H19N5O2. The van der Waals surface area contributed by atoms with Gasteiger partial charge < -0.3 is 14.4 Å². The van der Waals surface area contributed by atoms with Gasteiger partial charge in [0.15, 0.2) is 17.1 Å². The summed E-state index contributed by atoms with van der Waals surface area (Å²) >= 11 is 0. The smallest absolute Gasteiger partial charge is 0.192 e. The summed E-state index contributed by atoms with van der Waals surface area (Å²) < 4.78 is 5.54. The van der Waals surface area contributed by atoms with Crippen LogP contribution in [0.3, 0.4) is 0 Å². The van der Waals surface area contributed by atoms with E-state index in [0.717, 1.165) is 59.6 Å². The quantitative estimate of drug-likeness (QED) is 0.587. The van der Waals surface area contributed by atoms with Gasteiger partial charge in [-0.25, -0.2) is 19.9 Å². The third-order valence-corrected chi connectivity index (χ3v) is 4.97. The summed E-state index contributed by atoms with van der Waals surface area (Å²) in [5, 5.41) is 9.70. The van der Waals surface area contributed by atoms with Crippen LogP contribution < -0.4 is 4.90 Å². The number of fused-ring (bicyclic) bond motifs is 2. The molecule has 1 aliphatic rings. The number of hydrogen-bond acceptors (Lipinski definition) is 7. The molecule has 1 N–H and O–H groups in total. The Morgan fingerprint density at radius 3 is 2.74 bits per heavy atom. The van der Waals surface area contributed by atoms with Gasteiger partial charge in [-0.3, -0.25) is 0 Å². The summed E-state index contributed by atoms with van der Waals surface area (Å²) in [6, 6.07) is 9.75. The zero-order chi connectivity index (χ0) is 18.4. The topological polar surface area (TPSA) is 88.2 Å². The number of piperidine rings is 1. The van der Waals surface area contributed by atoms with Gasteiger partial charge in [-0.15, -0.1) is 0 Å². The van der Waals surface area contributed by atoms with Gasteiger partial charge in [0.1, 0.15) is 16.9 Å². The number of oxazole rings is 1. The molecule has 5 rings (SSSR count). The predicted octanol–water partition coefficient (Wildman–Crippen LogP) is 3.10. The Kier molecular flexibility index (Phi) is 3.75. The summed E-state index contributed by atoms with van der Waals surface area (Å²) in [6.45, 7) is 3.40. The molecule has 1 aromatic carbocycles. The Balaban J connectivity index is 1.52. The van der Waals surface area contributed by atoms with Crippen LogP contribution in [0.4, 0.5) is 5.82 Å². The third-order valence-electron chi connectivity index (χ3n) is 4.97. The third kappa shape index (κ3) is 3.00. The van der Waals surface area contributed by atoms with E-state index < -0.39 is 0 Å². The van der Waals surface area contributed by atoms with Crippen molar-refractivity contribution in [1.82, 2.24) is 19.9 Å². The second kappa shape index (κ2) is 6.28. The van der Waals surface area contributed by atoms with Crippen molar-refractivity contribution in [2.75, 3.05) is 18.0 Å². The zero-order valence-electron chi connectivity index (χ0n) is 15.0. The number of rotatable bonds is 2. The van der Waals surface area contributed by atoms with E-state index in [1.165, 1.54) is 0 Å². The van der Waals surface area contributed by atoms with Crippen LogP contribution in [0.2, 0.25) is 0 Å². The molecule has 1 saturated heterocycles. The zero-order valence-corrected chi connectivity index (χ0v) is 15.0. The molecule has 7 nitrogen and oxygen atoms in total. The maximum Gasteiger partial charge on any atom is 0.192 e. The maximum atomic E-state index is 9.70. The lowest BCUT2D eigenvalue weighted by molar-refractivity contribution is 0.145. The van der Waals surface area contributed by atoms with Crippen molar-refractivity contribution in [1.29, 1.82) is 0 Å². The number of aliphatic hydroxyl groups excluding tert-OH is 1. The molecule has 0 spiro atoms. The van der Waals surface area contributed by atoms with Crippen molar-refractivity contribution in [3.8, 4) is 11.3 Å².